The van der Waals surface area contributed by atoms with Crippen molar-refractivity contribution in [2.75, 3.05) is 19.3 Å². The van der Waals surface area contributed by atoms with Crippen molar-refractivity contribution in [3.8, 4) is 0 Å². The Hall–Kier alpha value is -2.85. The fraction of sp³-hybridized carbons (Fsp3) is 0.600. The molecule has 1 saturated heterocycles. The van der Waals surface area contributed by atoms with Crippen molar-refractivity contribution in [3.05, 3.63) is 54.1 Å². The molecule has 40 heavy (non-hydrogen) atoms. The Bertz CT molecular complexity index is 1310. The zero-order chi connectivity index (χ0) is 29.2. The summed E-state index contributed by atoms with van der Waals surface area (Å²) in [6.07, 6.45) is 4.35. The van der Waals surface area contributed by atoms with Crippen LogP contribution in [0, 0.1) is 5.92 Å². The average Bonchev–Trinajstić information content (AvgIpc) is 3.27. The van der Waals surface area contributed by atoms with Gasteiger partial charge in [0.1, 0.15) is 17.6 Å². The Morgan fingerprint density at radius 1 is 1.12 bits per heavy atom. The molecule has 1 aliphatic carbocycles. The normalized spacial score (nSPS) is 24.1. The van der Waals surface area contributed by atoms with E-state index in [1.165, 1.54) is 0 Å². The van der Waals surface area contributed by atoms with Crippen LogP contribution in [0.4, 0.5) is 0 Å². The van der Waals surface area contributed by atoms with Crippen LogP contribution < -0.4 is 5.32 Å². The summed E-state index contributed by atoms with van der Waals surface area (Å²) in [6, 6.07) is 9.82. The van der Waals surface area contributed by atoms with Gasteiger partial charge in [0.25, 0.3) is 5.91 Å². The number of likely N-dealkylation sites (tertiary alicyclic amines) is 1. The minimum absolute atomic E-state index is 0.0125. The number of hydrogen-bond donors (Lipinski definition) is 1. The zero-order valence-corrected chi connectivity index (χ0v) is 25.3. The first-order valence-electron chi connectivity index (χ1n) is 14.2. The number of hydrogen-bond acceptors (Lipinski definition) is 7. The predicted molar refractivity (Wildman–Crippen MR) is 155 cm³/mol. The van der Waals surface area contributed by atoms with E-state index < -0.39 is 21.8 Å². The maximum atomic E-state index is 13.6. The highest BCUT2D eigenvalue weighted by Gasteiger charge is 2.44. The smallest absolute Gasteiger partial charge is 0.270 e. The molecule has 1 aromatic carbocycles. The molecule has 2 fully saturated rings. The van der Waals surface area contributed by atoms with Gasteiger partial charge in [-0.3, -0.25) is 9.59 Å². The lowest BCUT2D eigenvalue weighted by Gasteiger charge is -2.44. The molecule has 9 nitrogen and oxygen atoms in total. The second-order valence-corrected chi connectivity index (χ2v) is 14.5. The van der Waals surface area contributed by atoms with Gasteiger partial charge >= 0.3 is 0 Å². The molecule has 0 bridgehead atoms. The summed E-state index contributed by atoms with van der Waals surface area (Å²) in [5, 5.41) is 2.88. The van der Waals surface area contributed by atoms with Gasteiger partial charge in [0, 0.05) is 36.3 Å². The number of nitrogens with one attached hydrogen (secondary N) is 1. The van der Waals surface area contributed by atoms with E-state index in [9.17, 15) is 18.0 Å². The van der Waals surface area contributed by atoms with Crippen molar-refractivity contribution in [2.45, 2.75) is 94.8 Å². The fourth-order valence-electron chi connectivity index (χ4n) is 5.85. The molecule has 1 aliphatic heterocycles. The van der Waals surface area contributed by atoms with E-state index in [1.54, 1.807) is 42.6 Å². The fourth-order valence-corrected chi connectivity index (χ4v) is 7.54. The standard InChI is InChI=1S/C30H43N5O4S/c1-20(2)34(6)22-12-13-26(21(18-22)19-40(38,39)23-10-8-7-9-11-23)35-17-15-25(28(35)37)32-27(36)24-14-16-31-29(33-24)30(3,4)5/h7-11,14,16,20-22,25-26H,12-13,15,17-19H2,1-6H3,(H,32,36)/t21-,22+,25-,26-/m0/s1. The van der Waals surface area contributed by atoms with E-state index in [4.69, 9.17) is 0 Å². The maximum Gasteiger partial charge on any atom is 0.270 e. The Morgan fingerprint density at radius 3 is 2.48 bits per heavy atom. The molecule has 4 atom stereocenters. The first-order chi connectivity index (χ1) is 18.8. The van der Waals surface area contributed by atoms with Crippen LogP contribution in [0.5, 0.6) is 0 Å². The lowest BCUT2D eigenvalue weighted by Crippen LogP contribution is -2.53. The monoisotopic (exact) mass is 569 g/mol. The first-order valence-corrected chi connectivity index (χ1v) is 15.9. The molecule has 2 aliphatic rings. The molecular formula is C30H43N5O4S. The van der Waals surface area contributed by atoms with Gasteiger partial charge in [-0.15, -0.1) is 0 Å². The largest absolute Gasteiger partial charge is 0.339 e. The minimum atomic E-state index is -3.53. The summed E-state index contributed by atoms with van der Waals surface area (Å²) in [5.41, 5.74) is -0.0800. The number of aromatic nitrogens is 2. The van der Waals surface area contributed by atoms with Gasteiger partial charge in [-0.1, -0.05) is 39.0 Å². The van der Waals surface area contributed by atoms with E-state index in [0.29, 0.717) is 36.1 Å². The molecule has 2 amide bonds. The molecule has 1 aromatic heterocycles. The van der Waals surface area contributed by atoms with Crippen molar-refractivity contribution in [1.82, 2.24) is 25.1 Å². The van der Waals surface area contributed by atoms with Crippen LogP contribution in [-0.2, 0) is 20.0 Å². The van der Waals surface area contributed by atoms with Crippen LogP contribution >= 0.6 is 0 Å². The molecule has 0 radical (unpaired) electrons. The third kappa shape index (κ3) is 6.71. The van der Waals surface area contributed by atoms with Gasteiger partial charge in [0.2, 0.25) is 5.91 Å². The van der Waals surface area contributed by atoms with E-state index in [-0.39, 0.29) is 40.8 Å². The average molecular weight is 570 g/mol. The van der Waals surface area contributed by atoms with Gasteiger partial charge in [0.15, 0.2) is 9.84 Å². The summed E-state index contributed by atoms with van der Waals surface area (Å²) >= 11 is 0. The Labute approximate surface area is 238 Å². The lowest BCUT2D eigenvalue weighted by atomic mass is 9.81. The Kier molecular flexibility index (Phi) is 8.99. The predicted octanol–water partition coefficient (Wildman–Crippen LogP) is 3.46. The van der Waals surface area contributed by atoms with Gasteiger partial charge in [-0.25, -0.2) is 18.4 Å². The number of carbonyl (C=O) groups excluding carboxylic acids is 2. The summed E-state index contributed by atoms with van der Waals surface area (Å²) in [7, 11) is -1.45. The lowest BCUT2D eigenvalue weighted by molar-refractivity contribution is -0.133. The Morgan fingerprint density at radius 2 is 1.82 bits per heavy atom. The summed E-state index contributed by atoms with van der Waals surface area (Å²) in [6.45, 7) is 10.7. The van der Waals surface area contributed by atoms with Crippen molar-refractivity contribution in [1.29, 1.82) is 0 Å². The van der Waals surface area contributed by atoms with Crippen LogP contribution in [0.3, 0.4) is 0 Å². The van der Waals surface area contributed by atoms with Crippen molar-refractivity contribution >= 4 is 21.7 Å². The molecule has 1 saturated carbocycles. The number of rotatable bonds is 8. The first kappa shape index (κ1) is 30.1. The third-order valence-electron chi connectivity index (χ3n) is 8.35. The Balaban J connectivity index is 1.51. The van der Waals surface area contributed by atoms with E-state index in [1.807, 2.05) is 25.7 Å². The van der Waals surface area contributed by atoms with Crippen LogP contribution in [0.25, 0.3) is 0 Å². The summed E-state index contributed by atoms with van der Waals surface area (Å²) in [4.78, 5) is 39.8. The number of sulfone groups is 1. The van der Waals surface area contributed by atoms with Crippen molar-refractivity contribution in [3.63, 3.8) is 0 Å². The molecule has 4 rings (SSSR count). The maximum absolute atomic E-state index is 13.6. The van der Waals surface area contributed by atoms with Gasteiger partial charge in [0.05, 0.1) is 10.6 Å². The molecular weight excluding hydrogens is 526 g/mol. The number of carbonyl (C=O) groups is 2. The quantitative estimate of drug-likeness (QED) is 0.518. The molecule has 218 valence electrons. The van der Waals surface area contributed by atoms with Gasteiger partial charge in [-0.05, 0) is 70.7 Å². The van der Waals surface area contributed by atoms with E-state index in [0.717, 1.165) is 12.8 Å². The number of nitrogens with zero attached hydrogens (tertiary/aromatic N) is 4. The molecule has 10 heteroatoms. The highest BCUT2D eigenvalue weighted by molar-refractivity contribution is 7.91. The van der Waals surface area contributed by atoms with Crippen molar-refractivity contribution < 1.29 is 18.0 Å². The topological polar surface area (TPSA) is 113 Å². The molecule has 0 unspecified atom stereocenters. The zero-order valence-electron chi connectivity index (χ0n) is 24.5. The highest BCUT2D eigenvalue weighted by atomic mass is 32.2. The molecule has 1 N–H and O–H groups in total. The van der Waals surface area contributed by atoms with Crippen LogP contribution in [-0.4, -0.2) is 83.5 Å². The number of amides is 2. The molecule has 2 aromatic rings. The molecule has 0 spiro atoms. The van der Waals surface area contributed by atoms with Crippen molar-refractivity contribution in [2.24, 2.45) is 5.92 Å². The van der Waals surface area contributed by atoms with Gasteiger partial charge in [-0.2, -0.15) is 0 Å². The number of benzene rings is 1. The van der Waals surface area contributed by atoms with Crippen LogP contribution in [0.1, 0.15) is 76.6 Å². The minimum Gasteiger partial charge on any atom is -0.339 e. The van der Waals surface area contributed by atoms with E-state index >= 15 is 0 Å². The summed E-state index contributed by atoms with van der Waals surface area (Å²) in [5.74, 6) is -0.216. The second-order valence-electron chi connectivity index (χ2n) is 12.5. The van der Waals surface area contributed by atoms with Gasteiger partial charge < -0.3 is 15.1 Å². The molecule has 2 heterocycles. The van der Waals surface area contributed by atoms with Crippen LogP contribution in [0.2, 0.25) is 0 Å². The van der Waals surface area contributed by atoms with E-state index in [2.05, 4.69) is 41.1 Å². The second kappa shape index (κ2) is 11.9. The summed E-state index contributed by atoms with van der Waals surface area (Å²) < 4.78 is 26.9. The highest BCUT2D eigenvalue weighted by Crippen LogP contribution is 2.36. The SMILES string of the molecule is CC(C)N(C)[C@@H]1CC[C@H](N2CC[C@H](NC(=O)c3ccnc(C(C)(C)C)n3)C2=O)[C@H](CS(=O)(=O)c2ccccc2)C1. The van der Waals surface area contributed by atoms with Crippen LogP contribution in [0.15, 0.2) is 47.5 Å². The third-order valence-corrected chi connectivity index (χ3v) is 10.2.